The topological polar surface area (TPSA) is 0 Å². The minimum absolute atomic E-state index is 0.903. The minimum atomic E-state index is 0.903. The lowest BCUT2D eigenvalue weighted by molar-refractivity contribution is 1.03. The molecule has 0 aliphatic rings. The van der Waals surface area contributed by atoms with Gasteiger partial charge in [0.15, 0.2) is 0 Å². The molecule has 0 unspecified atom stereocenters. The quantitative estimate of drug-likeness (QED) is 0.540. The third kappa shape index (κ3) is 23.7. The fourth-order valence-electron chi connectivity index (χ4n) is 0.667. The molecule has 0 aliphatic heterocycles. The van der Waals surface area contributed by atoms with Gasteiger partial charge in [-0.3, -0.25) is 0 Å². The van der Waals surface area contributed by atoms with Gasteiger partial charge in [0.05, 0.1) is 0 Å². The highest BCUT2D eigenvalue weighted by atomic mass is 31.1. The first-order valence-electron chi connectivity index (χ1n) is 4.30. The van der Waals surface area contributed by atoms with E-state index in [1.54, 1.807) is 0 Å². The van der Waals surface area contributed by atoms with Crippen molar-refractivity contribution in [2.24, 2.45) is 0 Å². The van der Waals surface area contributed by atoms with Crippen LogP contribution >= 0.6 is 8.58 Å². The van der Waals surface area contributed by atoms with Crippen LogP contribution in [0.3, 0.4) is 0 Å². The van der Waals surface area contributed by atoms with E-state index in [1.807, 2.05) is 0 Å². The van der Waals surface area contributed by atoms with Crippen molar-refractivity contribution >= 4 is 8.58 Å². The SMILES string of the molecule is CC(C)PC(C)C.CCC. The molecule has 0 aromatic carbocycles. The Hall–Kier alpha value is 0.430. The zero-order valence-corrected chi connectivity index (χ0v) is 9.36. The predicted octanol–water partition coefficient (Wildman–Crippen LogP) is 3.90. The van der Waals surface area contributed by atoms with E-state index in [2.05, 4.69) is 41.5 Å². The molecule has 0 atom stereocenters. The van der Waals surface area contributed by atoms with Crippen molar-refractivity contribution in [1.82, 2.24) is 0 Å². The first-order chi connectivity index (χ1) is 4.54. The molecule has 0 spiro atoms. The van der Waals surface area contributed by atoms with Gasteiger partial charge in [-0.15, -0.1) is 8.58 Å². The molecular formula is C9H23P. The van der Waals surface area contributed by atoms with Crippen LogP contribution < -0.4 is 0 Å². The molecule has 0 rings (SSSR count). The molecule has 0 amide bonds. The van der Waals surface area contributed by atoms with Gasteiger partial charge >= 0.3 is 0 Å². The van der Waals surface area contributed by atoms with Crippen molar-refractivity contribution in [1.29, 1.82) is 0 Å². The van der Waals surface area contributed by atoms with Crippen molar-refractivity contribution in [2.75, 3.05) is 0 Å². The summed E-state index contributed by atoms with van der Waals surface area (Å²) in [5.41, 5.74) is 1.81. The van der Waals surface area contributed by atoms with E-state index >= 15 is 0 Å². The molecule has 0 aliphatic carbocycles. The second-order valence-electron chi connectivity index (χ2n) is 3.18. The molecule has 0 aromatic heterocycles. The van der Waals surface area contributed by atoms with E-state index in [0.29, 0.717) is 0 Å². The van der Waals surface area contributed by atoms with Crippen molar-refractivity contribution in [3.63, 3.8) is 0 Å². The summed E-state index contributed by atoms with van der Waals surface area (Å²) in [4.78, 5) is 0. The lowest BCUT2D eigenvalue weighted by Crippen LogP contribution is -1.90. The Labute approximate surface area is 68.6 Å². The lowest BCUT2D eigenvalue weighted by atomic mass is 10.5. The molecule has 64 valence electrons. The maximum atomic E-state index is 2.28. The average molecular weight is 162 g/mol. The Morgan fingerprint density at radius 3 is 1.10 bits per heavy atom. The Kier molecular flexibility index (Phi) is 12.3. The Morgan fingerprint density at radius 1 is 0.900 bits per heavy atom. The van der Waals surface area contributed by atoms with Gasteiger partial charge in [-0.1, -0.05) is 48.0 Å². The molecule has 0 nitrogen and oxygen atoms in total. The summed E-state index contributed by atoms with van der Waals surface area (Å²) < 4.78 is 0. The highest BCUT2D eigenvalue weighted by Gasteiger charge is 1.95. The van der Waals surface area contributed by atoms with Gasteiger partial charge in [0.25, 0.3) is 0 Å². The van der Waals surface area contributed by atoms with Gasteiger partial charge in [-0.2, -0.15) is 0 Å². The zero-order valence-electron chi connectivity index (χ0n) is 8.36. The molecule has 1 heteroatoms. The van der Waals surface area contributed by atoms with Gasteiger partial charge in [-0.25, -0.2) is 0 Å². The third-order valence-electron chi connectivity index (χ3n) is 0.667. The summed E-state index contributed by atoms with van der Waals surface area (Å²) >= 11 is 0. The summed E-state index contributed by atoms with van der Waals surface area (Å²) in [5, 5.41) is 0. The highest BCUT2D eigenvalue weighted by Crippen LogP contribution is 2.23. The van der Waals surface area contributed by atoms with Crippen LogP contribution in [0.25, 0.3) is 0 Å². The maximum absolute atomic E-state index is 2.28. The second kappa shape index (κ2) is 9.43. The van der Waals surface area contributed by atoms with E-state index < -0.39 is 0 Å². The molecule has 0 aromatic rings. The van der Waals surface area contributed by atoms with E-state index in [0.717, 1.165) is 19.9 Å². The van der Waals surface area contributed by atoms with Crippen LogP contribution in [0.5, 0.6) is 0 Å². The van der Waals surface area contributed by atoms with Crippen LogP contribution in [0.2, 0.25) is 0 Å². The van der Waals surface area contributed by atoms with E-state index in [4.69, 9.17) is 0 Å². The molecule has 0 N–H and O–H groups in total. The predicted molar refractivity (Wildman–Crippen MR) is 54.6 cm³/mol. The van der Waals surface area contributed by atoms with Gasteiger partial charge in [0, 0.05) is 0 Å². The fraction of sp³-hybridized carbons (Fsp3) is 1.00. The van der Waals surface area contributed by atoms with E-state index in [9.17, 15) is 0 Å². The largest absolute Gasteiger partial charge is 0.117 e. The Bertz CT molecular complexity index is 42.7. The molecule has 0 saturated heterocycles. The van der Waals surface area contributed by atoms with Crippen LogP contribution in [0.4, 0.5) is 0 Å². The van der Waals surface area contributed by atoms with E-state index in [1.165, 1.54) is 6.42 Å². The number of hydrogen-bond donors (Lipinski definition) is 0. The van der Waals surface area contributed by atoms with Gasteiger partial charge in [-0.05, 0) is 11.3 Å². The smallest absolute Gasteiger partial charge is 0.0291 e. The van der Waals surface area contributed by atoms with Crippen molar-refractivity contribution in [2.45, 2.75) is 59.3 Å². The third-order valence-corrected chi connectivity index (χ3v) is 2.00. The molecule has 0 heterocycles. The monoisotopic (exact) mass is 162 g/mol. The highest BCUT2D eigenvalue weighted by molar-refractivity contribution is 7.39. The molecule has 10 heavy (non-hydrogen) atoms. The molecule has 0 saturated carbocycles. The number of hydrogen-bond acceptors (Lipinski definition) is 0. The zero-order chi connectivity index (χ0) is 8.57. The molecular weight excluding hydrogens is 139 g/mol. The Balaban J connectivity index is 0. The summed E-state index contributed by atoms with van der Waals surface area (Å²) in [7, 11) is 1.15. The normalized spacial score (nSPS) is 9.60. The van der Waals surface area contributed by atoms with E-state index in [-0.39, 0.29) is 0 Å². The van der Waals surface area contributed by atoms with Crippen LogP contribution in [-0.4, -0.2) is 11.3 Å². The lowest BCUT2D eigenvalue weighted by Gasteiger charge is -2.06. The number of rotatable bonds is 2. The van der Waals surface area contributed by atoms with Crippen molar-refractivity contribution in [3.8, 4) is 0 Å². The summed E-state index contributed by atoms with van der Waals surface area (Å²) in [6.07, 6.45) is 1.25. The van der Waals surface area contributed by atoms with Crippen LogP contribution in [0, 0.1) is 0 Å². The average Bonchev–Trinajstić information content (AvgIpc) is 1.62. The Morgan fingerprint density at radius 2 is 1.10 bits per heavy atom. The minimum Gasteiger partial charge on any atom is -0.117 e. The van der Waals surface area contributed by atoms with Gasteiger partial charge in [0.2, 0.25) is 0 Å². The standard InChI is InChI=1S/C6H15P.C3H8/c1-5(2)7-6(3)4;1-3-2/h5-7H,1-4H3;3H2,1-2H3. The summed E-state index contributed by atoms with van der Waals surface area (Å²) in [5.74, 6) is 0. The first kappa shape index (κ1) is 13.1. The molecule has 0 radical (unpaired) electrons. The van der Waals surface area contributed by atoms with Gasteiger partial charge in [0.1, 0.15) is 0 Å². The van der Waals surface area contributed by atoms with Gasteiger partial charge < -0.3 is 0 Å². The van der Waals surface area contributed by atoms with Crippen LogP contribution in [0.15, 0.2) is 0 Å². The van der Waals surface area contributed by atoms with Crippen molar-refractivity contribution in [3.05, 3.63) is 0 Å². The first-order valence-corrected chi connectivity index (χ1v) is 5.46. The summed E-state index contributed by atoms with van der Waals surface area (Å²) in [6, 6.07) is 0. The van der Waals surface area contributed by atoms with Crippen LogP contribution in [-0.2, 0) is 0 Å². The fourth-order valence-corrected chi connectivity index (χ4v) is 2.00. The van der Waals surface area contributed by atoms with Crippen LogP contribution in [0.1, 0.15) is 48.0 Å². The molecule has 0 fully saturated rings. The molecule has 0 bridgehead atoms. The maximum Gasteiger partial charge on any atom is -0.0291 e. The summed E-state index contributed by atoms with van der Waals surface area (Å²) in [6.45, 7) is 13.4. The van der Waals surface area contributed by atoms with Crippen molar-refractivity contribution < 1.29 is 0 Å². The second-order valence-corrected chi connectivity index (χ2v) is 5.83.